The highest BCUT2D eigenvalue weighted by molar-refractivity contribution is 5.85. The van der Waals surface area contributed by atoms with Gasteiger partial charge >= 0.3 is 0 Å². The fraction of sp³-hybridized carbons (Fsp3) is 0.542. The molecular formula is C24H35ClN2O2. The molecule has 0 spiro atoms. The highest BCUT2D eigenvalue weighted by atomic mass is 35.5. The van der Waals surface area contributed by atoms with E-state index in [0.717, 1.165) is 45.0 Å². The van der Waals surface area contributed by atoms with Crippen molar-refractivity contribution >= 4 is 12.4 Å². The van der Waals surface area contributed by atoms with Gasteiger partial charge in [-0.2, -0.15) is 0 Å². The summed E-state index contributed by atoms with van der Waals surface area (Å²) in [6, 6.07) is 14.7. The predicted octanol–water partition coefficient (Wildman–Crippen LogP) is 4.99. The fourth-order valence-electron chi connectivity index (χ4n) is 3.98. The van der Waals surface area contributed by atoms with E-state index in [9.17, 15) is 0 Å². The minimum Gasteiger partial charge on any atom is -0.381 e. The van der Waals surface area contributed by atoms with Crippen LogP contribution in [0.1, 0.15) is 44.0 Å². The molecule has 1 aliphatic heterocycles. The van der Waals surface area contributed by atoms with Crippen LogP contribution in [0.15, 0.2) is 48.7 Å². The molecule has 1 aliphatic rings. The van der Waals surface area contributed by atoms with Crippen molar-refractivity contribution in [3.63, 3.8) is 0 Å². The summed E-state index contributed by atoms with van der Waals surface area (Å²) in [5.41, 5.74) is 3.51. The van der Waals surface area contributed by atoms with Gasteiger partial charge in [0.15, 0.2) is 0 Å². The van der Waals surface area contributed by atoms with Crippen LogP contribution in [0.25, 0.3) is 0 Å². The van der Waals surface area contributed by atoms with E-state index in [1.54, 1.807) is 0 Å². The van der Waals surface area contributed by atoms with Gasteiger partial charge in [-0.3, -0.25) is 9.88 Å². The Morgan fingerprint density at radius 3 is 2.45 bits per heavy atom. The van der Waals surface area contributed by atoms with Gasteiger partial charge in [0.1, 0.15) is 0 Å². The third kappa shape index (κ3) is 6.02. The summed E-state index contributed by atoms with van der Waals surface area (Å²) in [5.74, 6) is 0. The molecule has 5 heteroatoms. The number of likely N-dealkylation sites (tertiary alicyclic amines) is 1. The van der Waals surface area contributed by atoms with Gasteiger partial charge in [-0.1, -0.05) is 36.4 Å². The van der Waals surface area contributed by atoms with Crippen LogP contribution < -0.4 is 0 Å². The first-order valence-corrected chi connectivity index (χ1v) is 10.3. The van der Waals surface area contributed by atoms with Crippen LogP contribution in [0.4, 0.5) is 0 Å². The quantitative estimate of drug-likeness (QED) is 0.574. The summed E-state index contributed by atoms with van der Waals surface area (Å²) < 4.78 is 12.1. The Morgan fingerprint density at radius 2 is 1.79 bits per heavy atom. The molecule has 2 aromatic rings. The highest BCUT2D eigenvalue weighted by Gasteiger charge is 2.44. The summed E-state index contributed by atoms with van der Waals surface area (Å²) in [6.45, 7) is 13.6. The second-order valence-corrected chi connectivity index (χ2v) is 8.53. The van der Waals surface area contributed by atoms with Crippen LogP contribution in [-0.2, 0) is 21.6 Å². The average molecular weight is 419 g/mol. The zero-order valence-corrected chi connectivity index (χ0v) is 19.0. The lowest BCUT2D eigenvalue weighted by atomic mass is 9.88. The second-order valence-electron chi connectivity index (χ2n) is 8.53. The molecule has 0 aliphatic carbocycles. The summed E-state index contributed by atoms with van der Waals surface area (Å²) in [4.78, 5) is 7.07. The van der Waals surface area contributed by atoms with E-state index in [2.05, 4.69) is 67.1 Å². The first-order valence-electron chi connectivity index (χ1n) is 10.3. The molecular weight excluding hydrogens is 384 g/mol. The zero-order chi connectivity index (χ0) is 20.0. The predicted molar refractivity (Wildman–Crippen MR) is 120 cm³/mol. The van der Waals surface area contributed by atoms with E-state index in [0.29, 0.717) is 6.61 Å². The van der Waals surface area contributed by atoms with Gasteiger partial charge < -0.3 is 9.47 Å². The van der Waals surface area contributed by atoms with Crippen molar-refractivity contribution < 1.29 is 9.47 Å². The first-order chi connectivity index (χ1) is 13.5. The molecule has 1 aromatic heterocycles. The monoisotopic (exact) mass is 418 g/mol. The number of benzene rings is 1. The van der Waals surface area contributed by atoms with Gasteiger partial charge in [-0.15, -0.1) is 12.4 Å². The topological polar surface area (TPSA) is 34.6 Å². The van der Waals surface area contributed by atoms with E-state index >= 15 is 0 Å². The Hall–Kier alpha value is -1.46. The first kappa shape index (κ1) is 23.8. The molecule has 1 aromatic carbocycles. The van der Waals surface area contributed by atoms with E-state index in [-0.39, 0.29) is 23.4 Å². The van der Waals surface area contributed by atoms with E-state index < -0.39 is 0 Å². The van der Waals surface area contributed by atoms with Crippen LogP contribution >= 0.6 is 12.4 Å². The Bertz CT molecular complexity index is 736. The lowest BCUT2D eigenvalue weighted by Crippen LogP contribution is -2.43. The second kappa shape index (κ2) is 10.5. The maximum Gasteiger partial charge on any atom is 0.0717 e. The molecule has 2 heterocycles. The lowest BCUT2D eigenvalue weighted by molar-refractivity contribution is -0.0253. The van der Waals surface area contributed by atoms with Crippen LogP contribution in [0.5, 0.6) is 0 Å². The van der Waals surface area contributed by atoms with Crippen LogP contribution in [-0.4, -0.2) is 42.8 Å². The van der Waals surface area contributed by atoms with Crippen molar-refractivity contribution in [3.05, 3.63) is 65.5 Å². The van der Waals surface area contributed by atoms with E-state index in [1.807, 2.05) is 19.2 Å². The molecule has 0 unspecified atom stereocenters. The molecule has 1 atom stereocenters. The molecule has 3 rings (SSSR count). The third-order valence-corrected chi connectivity index (χ3v) is 5.98. The van der Waals surface area contributed by atoms with Gasteiger partial charge in [0.25, 0.3) is 0 Å². The Morgan fingerprint density at radius 1 is 1.07 bits per heavy atom. The van der Waals surface area contributed by atoms with Crippen molar-refractivity contribution in [2.24, 2.45) is 5.41 Å². The summed E-state index contributed by atoms with van der Waals surface area (Å²) >= 11 is 0. The number of nitrogens with zero attached hydrogens (tertiary/aromatic N) is 2. The minimum absolute atomic E-state index is 0. The summed E-state index contributed by atoms with van der Waals surface area (Å²) in [7, 11) is 0. The number of aromatic nitrogens is 1. The van der Waals surface area contributed by atoms with Gasteiger partial charge in [0.2, 0.25) is 0 Å². The van der Waals surface area contributed by atoms with Crippen molar-refractivity contribution in [2.45, 2.75) is 46.3 Å². The number of hydrogen-bond acceptors (Lipinski definition) is 4. The summed E-state index contributed by atoms with van der Waals surface area (Å²) in [5, 5.41) is 0. The number of aryl methyl sites for hydroxylation is 1. The summed E-state index contributed by atoms with van der Waals surface area (Å²) in [6.07, 6.45) is 3.11. The largest absolute Gasteiger partial charge is 0.381 e. The van der Waals surface area contributed by atoms with Crippen molar-refractivity contribution in [2.75, 3.05) is 32.9 Å². The van der Waals surface area contributed by atoms with Crippen molar-refractivity contribution in [1.82, 2.24) is 9.88 Å². The molecule has 160 valence electrons. The van der Waals surface area contributed by atoms with E-state index in [4.69, 9.17) is 9.47 Å². The number of pyridine rings is 1. The maximum atomic E-state index is 6.17. The van der Waals surface area contributed by atoms with Gasteiger partial charge in [-0.05, 0) is 57.9 Å². The van der Waals surface area contributed by atoms with Crippen molar-refractivity contribution in [1.29, 1.82) is 0 Å². The number of halogens is 1. The smallest absolute Gasteiger partial charge is 0.0717 e. The molecule has 1 saturated heterocycles. The van der Waals surface area contributed by atoms with Crippen LogP contribution in [0.2, 0.25) is 0 Å². The molecule has 29 heavy (non-hydrogen) atoms. The average Bonchev–Trinajstić information content (AvgIpc) is 3.13. The van der Waals surface area contributed by atoms with Gasteiger partial charge in [-0.25, -0.2) is 0 Å². The SMILES string of the molecule is CCOC[C@@]1(COCc2ccccc2)CCN(C(C)(C)c2ccc(C)nc2)C1.Cl. The number of rotatable bonds is 9. The third-order valence-electron chi connectivity index (χ3n) is 5.98. The molecule has 0 N–H and O–H groups in total. The molecule has 0 radical (unpaired) electrons. The molecule has 0 saturated carbocycles. The van der Waals surface area contributed by atoms with Gasteiger partial charge in [0.05, 0.1) is 19.8 Å². The molecule has 1 fully saturated rings. The van der Waals surface area contributed by atoms with Crippen LogP contribution in [0, 0.1) is 12.3 Å². The highest BCUT2D eigenvalue weighted by Crippen LogP contribution is 2.39. The molecule has 0 amide bonds. The normalized spacial score (nSPS) is 19.9. The number of ether oxygens (including phenoxy) is 2. The standard InChI is InChI=1S/C24H34N2O2.ClH/c1-5-27-18-24(19-28-16-21-9-7-6-8-10-21)13-14-26(17-24)23(3,4)22-12-11-20(2)25-15-22;/h6-12,15H,5,13-14,16-19H2,1-4H3;1H/t24-;/m1./s1. The lowest BCUT2D eigenvalue weighted by Gasteiger charge is -2.38. The van der Waals surface area contributed by atoms with Crippen LogP contribution in [0.3, 0.4) is 0 Å². The van der Waals surface area contributed by atoms with E-state index in [1.165, 1.54) is 11.1 Å². The Labute approximate surface area is 182 Å². The maximum absolute atomic E-state index is 6.17. The van der Waals surface area contributed by atoms with Gasteiger partial charge in [0, 0.05) is 36.0 Å². The molecule has 0 bridgehead atoms. The van der Waals surface area contributed by atoms with Crippen molar-refractivity contribution in [3.8, 4) is 0 Å². The molecule has 4 nitrogen and oxygen atoms in total. The fourth-order valence-corrected chi connectivity index (χ4v) is 3.98. The Balaban J connectivity index is 0.00000300. The Kier molecular flexibility index (Phi) is 8.65. The zero-order valence-electron chi connectivity index (χ0n) is 18.2. The number of hydrogen-bond donors (Lipinski definition) is 0. The minimum atomic E-state index is -0.0614.